The minimum absolute atomic E-state index is 0.148. The van der Waals surface area contributed by atoms with Crippen LogP contribution in [0.5, 0.6) is 0 Å². The van der Waals surface area contributed by atoms with Crippen molar-refractivity contribution in [3.8, 4) is 0 Å². The van der Waals surface area contributed by atoms with Crippen LogP contribution in [-0.2, 0) is 10.0 Å². The second-order valence-corrected chi connectivity index (χ2v) is 9.26. The topological polar surface area (TPSA) is 66.5 Å². The van der Waals surface area contributed by atoms with Gasteiger partial charge in [-0.25, -0.2) is 8.42 Å². The Bertz CT molecular complexity index is 722. The second kappa shape index (κ2) is 8.06. The van der Waals surface area contributed by atoms with Crippen molar-refractivity contribution in [1.29, 1.82) is 0 Å². The van der Waals surface area contributed by atoms with Gasteiger partial charge < -0.3 is 5.32 Å². The van der Waals surface area contributed by atoms with Gasteiger partial charge in [-0.1, -0.05) is 37.3 Å². The molecule has 0 radical (unpaired) electrons. The number of amides is 1. The molecule has 25 heavy (non-hydrogen) atoms. The van der Waals surface area contributed by atoms with E-state index in [1.807, 2.05) is 0 Å². The van der Waals surface area contributed by atoms with E-state index in [2.05, 4.69) is 5.32 Å². The highest BCUT2D eigenvalue weighted by Crippen LogP contribution is 2.26. The molecule has 0 bridgehead atoms. The fraction of sp³-hybridized carbons (Fsp3) is 0.611. The van der Waals surface area contributed by atoms with Crippen molar-refractivity contribution < 1.29 is 13.2 Å². The van der Waals surface area contributed by atoms with E-state index in [0.29, 0.717) is 13.1 Å². The van der Waals surface area contributed by atoms with Crippen molar-refractivity contribution >= 4 is 27.5 Å². The number of halogens is 1. The van der Waals surface area contributed by atoms with E-state index in [1.54, 1.807) is 0 Å². The molecule has 1 saturated heterocycles. The van der Waals surface area contributed by atoms with Crippen LogP contribution >= 0.6 is 11.6 Å². The standard InChI is InChI=1S/C18H25ClN2O3S/c19-17-10-9-15(25(23,24)21-11-5-1-2-6-12-21)13-16(17)18(22)20-14-7-3-4-8-14/h9-10,13-14H,1-8,11-12H2,(H,20,22). The van der Waals surface area contributed by atoms with Crippen LogP contribution in [0.4, 0.5) is 0 Å². The fourth-order valence-electron chi connectivity index (χ4n) is 3.60. The molecule has 1 amide bonds. The zero-order valence-electron chi connectivity index (χ0n) is 14.3. The van der Waals surface area contributed by atoms with Gasteiger partial charge in [0.05, 0.1) is 15.5 Å². The molecule has 1 N–H and O–H groups in total. The number of nitrogens with zero attached hydrogens (tertiary/aromatic N) is 1. The lowest BCUT2D eigenvalue weighted by Gasteiger charge is -2.20. The monoisotopic (exact) mass is 384 g/mol. The third-order valence-corrected chi connectivity index (χ3v) is 7.30. The Morgan fingerprint density at radius 1 is 1.04 bits per heavy atom. The maximum atomic E-state index is 12.9. The van der Waals surface area contributed by atoms with Gasteiger partial charge in [-0.05, 0) is 43.9 Å². The first-order chi connectivity index (χ1) is 12.0. The van der Waals surface area contributed by atoms with Crippen molar-refractivity contribution in [2.24, 2.45) is 0 Å². The number of rotatable bonds is 4. The predicted octanol–water partition coefficient (Wildman–Crippen LogP) is 3.58. The number of sulfonamides is 1. The molecule has 1 aliphatic carbocycles. The van der Waals surface area contributed by atoms with Crippen molar-refractivity contribution in [3.05, 3.63) is 28.8 Å². The van der Waals surface area contributed by atoms with E-state index in [4.69, 9.17) is 11.6 Å². The molecule has 0 atom stereocenters. The maximum Gasteiger partial charge on any atom is 0.253 e. The smallest absolute Gasteiger partial charge is 0.253 e. The van der Waals surface area contributed by atoms with Crippen LogP contribution in [0.1, 0.15) is 61.7 Å². The van der Waals surface area contributed by atoms with Gasteiger partial charge in [-0.15, -0.1) is 0 Å². The van der Waals surface area contributed by atoms with Crippen LogP contribution in [0.25, 0.3) is 0 Å². The van der Waals surface area contributed by atoms with E-state index >= 15 is 0 Å². The van der Waals surface area contributed by atoms with Crippen LogP contribution in [0, 0.1) is 0 Å². The van der Waals surface area contributed by atoms with Gasteiger partial charge in [0.1, 0.15) is 0 Å². The highest BCUT2D eigenvalue weighted by Gasteiger charge is 2.27. The lowest BCUT2D eigenvalue weighted by molar-refractivity contribution is 0.0938. The third-order valence-electron chi connectivity index (χ3n) is 5.08. The van der Waals surface area contributed by atoms with Gasteiger partial charge in [0.2, 0.25) is 10.0 Å². The molecule has 2 fully saturated rings. The average Bonchev–Trinajstić information content (AvgIpc) is 2.93. The first-order valence-electron chi connectivity index (χ1n) is 9.09. The Labute approximate surface area is 154 Å². The highest BCUT2D eigenvalue weighted by molar-refractivity contribution is 7.89. The molecule has 0 aromatic heterocycles. The first-order valence-corrected chi connectivity index (χ1v) is 10.9. The van der Waals surface area contributed by atoms with Gasteiger partial charge in [0, 0.05) is 19.1 Å². The molecule has 138 valence electrons. The minimum atomic E-state index is -3.59. The number of carbonyl (C=O) groups excluding carboxylic acids is 1. The zero-order valence-corrected chi connectivity index (χ0v) is 15.9. The van der Waals surface area contributed by atoms with E-state index in [1.165, 1.54) is 22.5 Å². The molecule has 1 aromatic carbocycles. The molecule has 0 spiro atoms. The molecule has 1 aromatic rings. The van der Waals surface area contributed by atoms with Crippen molar-refractivity contribution in [3.63, 3.8) is 0 Å². The molecular formula is C18H25ClN2O3S. The molecular weight excluding hydrogens is 360 g/mol. The van der Waals surface area contributed by atoms with Crippen LogP contribution in [0.3, 0.4) is 0 Å². The number of benzene rings is 1. The molecule has 1 heterocycles. The van der Waals surface area contributed by atoms with Crippen LogP contribution in [0.2, 0.25) is 5.02 Å². The van der Waals surface area contributed by atoms with Gasteiger partial charge in [0.25, 0.3) is 5.91 Å². The quantitative estimate of drug-likeness (QED) is 0.862. The molecule has 3 rings (SSSR count). The van der Waals surface area contributed by atoms with Crippen LogP contribution in [0.15, 0.2) is 23.1 Å². The first kappa shape index (κ1) is 18.7. The van der Waals surface area contributed by atoms with E-state index in [9.17, 15) is 13.2 Å². The summed E-state index contributed by atoms with van der Waals surface area (Å²) in [6.07, 6.45) is 8.03. The lowest BCUT2D eigenvalue weighted by atomic mass is 10.2. The lowest BCUT2D eigenvalue weighted by Crippen LogP contribution is -2.34. The van der Waals surface area contributed by atoms with E-state index < -0.39 is 10.0 Å². The summed E-state index contributed by atoms with van der Waals surface area (Å²) in [7, 11) is -3.59. The van der Waals surface area contributed by atoms with Gasteiger partial charge >= 0.3 is 0 Å². The van der Waals surface area contributed by atoms with Gasteiger partial charge in [-0.3, -0.25) is 4.79 Å². The van der Waals surface area contributed by atoms with Crippen molar-refractivity contribution in [2.45, 2.75) is 62.3 Å². The fourth-order valence-corrected chi connectivity index (χ4v) is 5.35. The molecule has 1 aliphatic heterocycles. The summed E-state index contributed by atoms with van der Waals surface area (Å²) >= 11 is 6.17. The van der Waals surface area contributed by atoms with Gasteiger partial charge in [-0.2, -0.15) is 4.31 Å². The maximum absolute atomic E-state index is 12.9. The summed E-state index contributed by atoms with van der Waals surface area (Å²) in [4.78, 5) is 12.7. The number of carbonyl (C=O) groups is 1. The molecule has 2 aliphatic rings. The van der Waals surface area contributed by atoms with Crippen molar-refractivity contribution in [2.75, 3.05) is 13.1 Å². The normalized spacial score (nSPS) is 20.4. The summed E-state index contributed by atoms with van der Waals surface area (Å²) in [5.74, 6) is -0.287. The Morgan fingerprint density at radius 2 is 1.68 bits per heavy atom. The summed E-state index contributed by atoms with van der Waals surface area (Å²) < 4.78 is 27.4. The Morgan fingerprint density at radius 3 is 2.32 bits per heavy atom. The number of hydrogen-bond acceptors (Lipinski definition) is 3. The molecule has 5 nitrogen and oxygen atoms in total. The third kappa shape index (κ3) is 4.36. The Balaban J connectivity index is 1.83. The summed E-state index contributed by atoms with van der Waals surface area (Å²) in [6.45, 7) is 1.07. The number of nitrogens with one attached hydrogen (secondary N) is 1. The second-order valence-electron chi connectivity index (χ2n) is 6.91. The van der Waals surface area contributed by atoms with Crippen molar-refractivity contribution in [1.82, 2.24) is 9.62 Å². The SMILES string of the molecule is O=C(NC1CCCC1)c1cc(S(=O)(=O)N2CCCCCC2)ccc1Cl. The Hall–Kier alpha value is -1.11. The van der Waals surface area contributed by atoms with Crippen LogP contribution in [-0.4, -0.2) is 37.8 Å². The predicted molar refractivity (Wildman–Crippen MR) is 98.4 cm³/mol. The van der Waals surface area contributed by atoms with Crippen LogP contribution < -0.4 is 5.32 Å². The van der Waals surface area contributed by atoms with Gasteiger partial charge in [0.15, 0.2) is 0 Å². The largest absolute Gasteiger partial charge is 0.349 e. The average molecular weight is 385 g/mol. The Kier molecular flexibility index (Phi) is 6.02. The summed E-state index contributed by atoms with van der Waals surface area (Å²) in [6, 6.07) is 4.59. The van der Waals surface area contributed by atoms with E-state index in [-0.39, 0.29) is 27.4 Å². The molecule has 1 saturated carbocycles. The number of hydrogen-bond donors (Lipinski definition) is 1. The highest BCUT2D eigenvalue weighted by atomic mass is 35.5. The zero-order chi connectivity index (χ0) is 17.9. The molecule has 0 unspecified atom stereocenters. The summed E-state index contributed by atoms with van der Waals surface area (Å²) in [5.41, 5.74) is 0.240. The van der Waals surface area contributed by atoms with E-state index in [0.717, 1.165) is 51.4 Å². The molecule has 7 heteroatoms. The minimum Gasteiger partial charge on any atom is -0.349 e. The summed E-state index contributed by atoms with van der Waals surface area (Å²) in [5, 5.41) is 3.26.